The fraction of sp³-hybridized carbons (Fsp3) is 0.375. The summed E-state index contributed by atoms with van der Waals surface area (Å²) >= 11 is 3.22. The van der Waals surface area contributed by atoms with Crippen molar-refractivity contribution in [2.75, 3.05) is 0 Å². The van der Waals surface area contributed by atoms with E-state index in [2.05, 4.69) is 26.2 Å². The number of hydrogen-bond donors (Lipinski definition) is 1. The number of pyridine rings is 1. The number of furan rings is 1. The Morgan fingerprint density at radius 3 is 2.71 bits per heavy atom. The monoisotopic (exact) mass is 348 g/mol. The van der Waals surface area contributed by atoms with Crippen LogP contribution in [0.15, 0.2) is 45.6 Å². The van der Waals surface area contributed by atoms with Gasteiger partial charge in [-0.3, -0.25) is 9.78 Å². The van der Waals surface area contributed by atoms with E-state index in [0.717, 1.165) is 18.5 Å². The largest absolute Gasteiger partial charge is 0.444 e. The highest BCUT2D eigenvalue weighted by Crippen LogP contribution is 2.35. The standard InChI is InChI=1S/C16H17BrN2O2/c17-14-9-8-13(21-14)16(20)19-15(11-5-1-2-6-11)12-7-3-4-10-18-12/h3-4,7-11,15H,1-2,5-6H2,(H,19,20)/t15-/m0/s1. The number of aromatic nitrogens is 1. The Labute approximate surface area is 132 Å². The molecule has 1 aliphatic rings. The molecule has 0 radical (unpaired) electrons. The first-order valence-corrected chi connectivity index (χ1v) is 8.00. The molecule has 2 aromatic heterocycles. The second-order valence-electron chi connectivity index (χ2n) is 5.35. The molecule has 1 fully saturated rings. The van der Waals surface area contributed by atoms with E-state index in [9.17, 15) is 4.79 Å². The van der Waals surface area contributed by atoms with Gasteiger partial charge in [0.2, 0.25) is 0 Å². The average molecular weight is 349 g/mol. The molecule has 0 unspecified atom stereocenters. The van der Waals surface area contributed by atoms with Gasteiger partial charge in [-0.25, -0.2) is 0 Å². The van der Waals surface area contributed by atoms with Crippen molar-refractivity contribution in [1.82, 2.24) is 10.3 Å². The van der Waals surface area contributed by atoms with Gasteiger partial charge in [0.05, 0.1) is 11.7 Å². The summed E-state index contributed by atoms with van der Waals surface area (Å²) in [5.74, 6) is 0.575. The molecule has 1 N–H and O–H groups in total. The second kappa shape index (κ2) is 6.43. The maximum Gasteiger partial charge on any atom is 0.287 e. The number of halogens is 1. The van der Waals surface area contributed by atoms with Gasteiger partial charge in [-0.15, -0.1) is 0 Å². The smallest absolute Gasteiger partial charge is 0.287 e. The predicted molar refractivity (Wildman–Crippen MR) is 82.8 cm³/mol. The minimum atomic E-state index is -0.191. The molecule has 5 heteroatoms. The van der Waals surface area contributed by atoms with Crippen LogP contribution in [0.4, 0.5) is 0 Å². The number of hydrogen-bond acceptors (Lipinski definition) is 3. The summed E-state index contributed by atoms with van der Waals surface area (Å²) in [6.07, 6.45) is 6.46. The molecule has 4 nitrogen and oxygen atoms in total. The van der Waals surface area contributed by atoms with Crippen molar-refractivity contribution in [2.45, 2.75) is 31.7 Å². The Hall–Kier alpha value is -1.62. The molecule has 0 spiro atoms. The summed E-state index contributed by atoms with van der Waals surface area (Å²) in [6.45, 7) is 0. The van der Waals surface area contributed by atoms with E-state index in [1.54, 1.807) is 18.3 Å². The van der Waals surface area contributed by atoms with Gasteiger partial charge in [-0.1, -0.05) is 18.9 Å². The summed E-state index contributed by atoms with van der Waals surface area (Å²) in [6, 6.07) is 9.16. The molecule has 1 aliphatic carbocycles. The molecule has 110 valence electrons. The van der Waals surface area contributed by atoms with Gasteiger partial charge in [-0.05, 0) is 59.0 Å². The molecule has 0 aliphatic heterocycles. The number of carbonyl (C=O) groups excluding carboxylic acids is 1. The lowest BCUT2D eigenvalue weighted by Crippen LogP contribution is -2.33. The van der Waals surface area contributed by atoms with Gasteiger partial charge in [0.25, 0.3) is 5.91 Å². The third kappa shape index (κ3) is 3.35. The van der Waals surface area contributed by atoms with Gasteiger partial charge in [-0.2, -0.15) is 0 Å². The third-order valence-electron chi connectivity index (χ3n) is 3.96. The van der Waals surface area contributed by atoms with Crippen LogP contribution >= 0.6 is 15.9 Å². The Kier molecular flexibility index (Phi) is 4.39. The van der Waals surface area contributed by atoms with Crippen molar-refractivity contribution >= 4 is 21.8 Å². The van der Waals surface area contributed by atoms with Crippen molar-refractivity contribution in [2.24, 2.45) is 5.92 Å². The highest BCUT2D eigenvalue weighted by atomic mass is 79.9. The van der Waals surface area contributed by atoms with Crippen LogP contribution < -0.4 is 5.32 Å². The van der Waals surface area contributed by atoms with E-state index in [-0.39, 0.29) is 11.9 Å². The Morgan fingerprint density at radius 2 is 2.10 bits per heavy atom. The molecule has 1 amide bonds. The number of nitrogens with one attached hydrogen (secondary N) is 1. The number of carbonyl (C=O) groups is 1. The maximum absolute atomic E-state index is 12.3. The lowest BCUT2D eigenvalue weighted by Gasteiger charge is -2.23. The van der Waals surface area contributed by atoms with Crippen molar-refractivity contribution in [3.8, 4) is 0 Å². The van der Waals surface area contributed by atoms with Crippen LogP contribution in [0.2, 0.25) is 0 Å². The summed E-state index contributed by atoms with van der Waals surface area (Å²) in [7, 11) is 0. The Morgan fingerprint density at radius 1 is 1.29 bits per heavy atom. The fourth-order valence-electron chi connectivity index (χ4n) is 2.93. The first-order chi connectivity index (χ1) is 10.2. The van der Waals surface area contributed by atoms with Gasteiger partial charge in [0.15, 0.2) is 10.4 Å². The predicted octanol–water partition coefficient (Wildman–Crippen LogP) is 4.10. The molecular formula is C16H17BrN2O2. The van der Waals surface area contributed by atoms with Crippen molar-refractivity contribution in [3.63, 3.8) is 0 Å². The summed E-state index contributed by atoms with van der Waals surface area (Å²) in [4.78, 5) is 16.8. The molecule has 1 atom stereocenters. The van der Waals surface area contributed by atoms with Crippen LogP contribution in [0, 0.1) is 5.92 Å². The van der Waals surface area contributed by atoms with E-state index in [1.807, 2.05) is 18.2 Å². The third-order valence-corrected chi connectivity index (χ3v) is 4.39. The van der Waals surface area contributed by atoms with Crippen LogP contribution in [0.5, 0.6) is 0 Å². The van der Waals surface area contributed by atoms with Gasteiger partial charge < -0.3 is 9.73 Å². The first kappa shape index (κ1) is 14.3. The number of rotatable bonds is 4. The van der Waals surface area contributed by atoms with Crippen molar-refractivity contribution in [1.29, 1.82) is 0 Å². The lowest BCUT2D eigenvalue weighted by atomic mass is 9.94. The van der Waals surface area contributed by atoms with Crippen LogP contribution in [0.1, 0.15) is 48.0 Å². The average Bonchev–Trinajstić information content (AvgIpc) is 3.17. The van der Waals surface area contributed by atoms with Crippen LogP contribution in [0.25, 0.3) is 0 Å². The number of nitrogens with zero attached hydrogens (tertiary/aromatic N) is 1. The molecule has 3 rings (SSSR count). The normalized spacial score (nSPS) is 16.8. The second-order valence-corrected chi connectivity index (χ2v) is 6.14. The van der Waals surface area contributed by atoms with Crippen molar-refractivity contribution in [3.05, 3.63) is 52.7 Å². The summed E-state index contributed by atoms with van der Waals surface area (Å²) in [5, 5.41) is 3.09. The zero-order valence-electron chi connectivity index (χ0n) is 11.6. The molecular weight excluding hydrogens is 332 g/mol. The van der Waals surface area contributed by atoms with Gasteiger partial charge in [0, 0.05) is 6.20 Å². The topological polar surface area (TPSA) is 55.1 Å². The summed E-state index contributed by atoms with van der Waals surface area (Å²) < 4.78 is 5.89. The fourth-order valence-corrected chi connectivity index (χ4v) is 3.24. The molecule has 2 heterocycles. The highest BCUT2D eigenvalue weighted by Gasteiger charge is 2.29. The van der Waals surface area contributed by atoms with Gasteiger partial charge >= 0.3 is 0 Å². The molecule has 0 aromatic carbocycles. The van der Waals surface area contributed by atoms with E-state index < -0.39 is 0 Å². The van der Waals surface area contributed by atoms with Crippen LogP contribution in [-0.2, 0) is 0 Å². The minimum Gasteiger partial charge on any atom is -0.444 e. The molecule has 0 saturated heterocycles. The zero-order chi connectivity index (χ0) is 14.7. The SMILES string of the molecule is O=C(N[C@H](c1ccccn1)C1CCCC1)c1ccc(Br)o1. The molecule has 0 bridgehead atoms. The molecule has 21 heavy (non-hydrogen) atoms. The Balaban J connectivity index is 1.80. The highest BCUT2D eigenvalue weighted by molar-refractivity contribution is 9.10. The maximum atomic E-state index is 12.3. The summed E-state index contributed by atoms with van der Waals surface area (Å²) in [5.41, 5.74) is 0.920. The molecule has 2 aromatic rings. The lowest BCUT2D eigenvalue weighted by molar-refractivity contribution is 0.0891. The minimum absolute atomic E-state index is 0.0509. The van der Waals surface area contributed by atoms with E-state index in [1.165, 1.54) is 12.8 Å². The quantitative estimate of drug-likeness (QED) is 0.904. The van der Waals surface area contributed by atoms with Crippen molar-refractivity contribution < 1.29 is 9.21 Å². The first-order valence-electron chi connectivity index (χ1n) is 7.21. The number of amides is 1. The molecule has 1 saturated carbocycles. The van der Waals surface area contributed by atoms with Gasteiger partial charge in [0.1, 0.15) is 0 Å². The van der Waals surface area contributed by atoms with Crippen LogP contribution in [0.3, 0.4) is 0 Å². The van der Waals surface area contributed by atoms with E-state index in [0.29, 0.717) is 16.3 Å². The Bertz CT molecular complexity index is 606. The van der Waals surface area contributed by atoms with Crippen LogP contribution in [-0.4, -0.2) is 10.9 Å². The van der Waals surface area contributed by atoms with E-state index in [4.69, 9.17) is 4.42 Å². The zero-order valence-corrected chi connectivity index (χ0v) is 13.2. The van der Waals surface area contributed by atoms with E-state index >= 15 is 0 Å².